The third-order valence-electron chi connectivity index (χ3n) is 6.25. The number of ether oxygens (including phenoxy) is 1. The second-order valence-electron chi connectivity index (χ2n) is 8.60. The van der Waals surface area contributed by atoms with Crippen molar-refractivity contribution in [1.82, 2.24) is 24.5 Å². The van der Waals surface area contributed by atoms with Crippen LogP contribution in [0.15, 0.2) is 47.9 Å². The molecule has 0 radical (unpaired) electrons. The highest BCUT2D eigenvalue weighted by Gasteiger charge is 2.25. The largest absolute Gasteiger partial charge is 0.376 e. The number of rotatable bonds is 7. The first kappa shape index (κ1) is 20.6. The fourth-order valence-corrected chi connectivity index (χ4v) is 5.20. The molecule has 7 nitrogen and oxygen atoms in total. The fourth-order valence-electron chi connectivity index (χ4n) is 4.30. The van der Waals surface area contributed by atoms with E-state index in [1.807, 2.05) is 16.9 Å². The first-order valence-electron chi connectivity index (χ1n) is 11.3. The van der Waals surface area contributed by atoms with Crippen molar-refractivity contribution in [3.63, 3.8) is 0 Å². The van der Waals surface area contributed by atoms with E-state index >= 15 is 0 Å². The number of nitrogens with zero attached hydrogens (tertiary/aromatic N) is 6. The van der Waals surface area contributed by atoms with Gasteiger partial charge in [0.1, 0.15) is 0 Å². The van der Waals surface area contributed by atoms with Gasteiger partial charge in [0, 0.05) is 37.8 Å². The standard InChI is InChI=1S/C23H30N6OS/c1-18-9-13-27(14-10-18)22-25-26-23(28(22)16-21-4-2-15-30-21)31-17-19-5-7-20(8-6-19)29-12-3-11-24-29/h3,5-8,11-12,18,21H,2,4,9-10,13-17H2,1H3. The molecule has 0 spiro atoms. The Balaban J connectivity index is 1.30. The van der Waals surface area contributed by atoms with E-state index in [0.29, 0.717) is 0 Å². The van der Waals surface area contributed by atoms with Crippen molar-refractivity contribution >= 4 is 17.7 Å². The van der Waals surface area contributed by atoms with Gasteiger partial charge in [0.25, 0.3) is 0 Å². The van der Waals surface area contributed by atoms with Crippen LogP contribution in [0.5, 0.6) is 0 Å². The van der Waals surface area contributed by atoms with Gasteiger partial charge in [-0.15, -0.1) is 10.2 Å². The molecule has 0 N–H and O–H groups in total. The molecule has 2 aromatic heterocycles. The van der Waals surface area contributed by atoms with E-state index in [2.05, 4.69) is 56.0 Å². The minimum atomic E-state index is 0.270. The first-order valence-corrected chi connectivity index (χ1v) is 12.3. The predicted octanol–water partition coefficient (Wildman–Crippen LogP) is 4.17. The Morgan fingerprint density at radius 2 is 1.94 bits per heavy atom. The first-order chi connectivity index (χ1) is 15.3. The normalized spacial score (nSPS) is 19.9. The molecule has 2 saturated heterocycles. The highest BCUT2D eigenvalue weighted by Crippen LogP contribution is 2.29. The van der Waals surface area contributed by atoms with Crippen LogP contribution in [-0.4, -0.2) is 50.3 Å². The van der Waals surface area contributed by atoms with E-state index in [0.717, 1.165) is 67.5 Å². The average Bonchev–Trinajstić information content (AvgIpc) is 3.57. The Morgan fingerprint density at radius 3 is 2.65 bits per heavy atom. The van der Waals surface area contributed by atoms with Gasteiger partial charge in [-0.1, -0.05) is 30.8 Å². The summed E-state index contributed by atoms with van der Waals surface area (Å²) in [6, 6.07) is 10.5. The lowest BCUT2D eigenvalue weighted by atomic mass is 10.00. The van der Waals surface area contributed by atoms with E-state index in [9.17, 15) is 0 Å². The van der Waals surface area contributed by atoms with E-state index in [4.69, 9.17) is 4.74 Å². The van der Waals surface area contributed by atoms with Crippen LogP contribution in [0, 0.1) is 5.92 Å². The van der Waals surface area contributed by atoms with Gasteiger partial charge in [-0.3, -0.25) is 4.57 Å². The molecule has 0 aliphatic carbocycles. The second-order valence-corrected chi connectivity index (χ2v) is 9.55. The minimum absolute atomic E-state index is 0.270. The summed E-state index contributed by atoms with van der Waals surface area (Å²) in [4.78, 5) is 2.41. The summed E-state index contributed by atoms with van der Waals surface area (Å²) >= 11 is 1.76. The number of anilines is 1. The lowest BCUT2D eigenvalue weighted by Gasteiger charge is -2.31. The van der Waals surface area contributed by atoms with Crippen molar-refractivity contribution in [2.75, 3.05) is 24.6 Å². The summed E-state index contributed by atoms with van der Waals surface area (Å²) in [5.41, 5.74) is 2.34. The predicted molar refractivity (Wildman–Crippen MR) is 123 cm³/mol. The monoisotopic (exact) mass is 438 g/mol. The molecule has 164 valence electrons. The molecule has 0 amide bonds. The molecule has 1 unspecified atom stereocenters. The number of thioether (sulfide) groups is 1. The Morgan fingerprint density at radius 1 is 1.10 bits per heavy atom. The van der Waals surface area contributed by atoms with Crippen molar-refractivity contribution in [3.8, 4) is 5.69 Å². The zero-order valence-corrected chi connectivity index (χ0v) is 18.9. The van der Waals surface area contributed by atoms with Crippen molar-refractivity contribution in [3.05, 3.63) is 48.3 Å². The molecule has 31 heavy (non-hydrogen) atoms. The number of hydrogen-bond acceptors (Lipinski definition) is 6. The van der Waals surface area contributed by atoms with Crippen LogP contribution in [0.3, 0.4) is 0 Å². The number of hydrogen-bond donors (Lipinski definition) is 0. The molecule has 2 aliphatic heterocycles. The van der Waals surface area contributed by atoms with E-state index in [1.54, 1.807) is 18.0 Å². The summed E-state index contributed by atoms with van der Waals surface area (Å²) in [6.07, 6.45) is 8.73. The maximum atomic E-state index is 5.94. The highest BCUT2D eigenvalue weighted by molar-refractivity contribution is 7.98. The third kappa shape index (κ3) is 4.80. The lowest BCUT2D eigenvalue weighted by molar-refractivity contribution is 0.0951. The van der Waals surface area contributed by atoms with Gasteiger partial charge in [0.15, 0.2) is 5.16 Å². The smallest absolute Gasteiger partial charge is 0.228 e. The quantitative estimate of drug-likeness (QED) is 0.516. The summed E-state index contributed by atoms with van der Waals surface area (Å²) < 4.78 is 10.1. The average molecular weight is 439 g/mol. The van der Waals surface area contributed by atoms with Gasteiger partial charge in [0.05, 0.1) is 18.3 Å². The summed E-state index contributed by atoms with van der Waals surface area (Å²) in [6.45, 7) is 6.17. The third-order valence-corrected chi connectivity index (χ3v) is 7.29. The molecule has 2 aliphatic rings. The van der Waals surface area contributed by atoms with Crippen LogP contribution >= 0.6 is 11.8 Å². The highest BCUT2D eigenvalue weighted by atomic mass is 32.2. The lowest BCUT2D eigenvalue weighted by Crippen LogP contribution is -2.35. The molecule has 4 heterocycles. The SMILES string of the molecule is CC1CCN(c2nnc(SCc3ccc(-n4cccn4)cc3)n2CC2CCCO2)CC1. The van der Waals surface area contributed by atoms with Crippen LogP contribution in [0.2, 0.25) is 0 Å². The number of aromatic nitrogens is 5. The Bertz CT molecular complexity index is 957. The topological polar surface area (TPSA) is 61.0 Å². The van der Waals surface area contributed by atoms with Gasteiger partial charge in [-0.25, -0.2) is 4.68 Å². The molecular formula is C23H30N6OS. The Labute approximate surface area is 187 Å². The van der Waals surface area contributed by atoms with Gasteiger partial charge >= 0.3 is 0 Å². The fraction of sp³-hybridized carbons (Fsp3) is 0.522. The van der Waals surface area contributed by atoms with Gasteiger partial charge in [-0.2, -0.15) is 5.10 Å². The zero-order chi connectivity index (χ0) is 21.0. The Kier molecular flexibility index (Phi) is 6.27. The molecule has 2 fully saturated rings. The second kappa shape index (κ2) is 9.44. The van der Waals surface area contributed by atoms with Crippen molar-refractivity contribution in [1.29, 1.82) is 0 Å². The number of piperidine rings is 1. The van der Waals surface area contributed by atoms with Gasteiger partial charge in [0.2, 0.25) is 5.95 Å². The maximum Gasteiger partial charge on any atom is 0.228 e. The van der Waals surface area contributed by atoms with Crippen molar-refractivity contribution < 1.29 is 4.74 Å². The van der Waals surface area contributed by atoms with E-state index in [1.165, 1.54) is 18.4 Å². The minimum Gasteiger partial charge on any atom is -0.376 e. The van der Waals surface area contributed by atoms with Crippen LogP contribution in [0.25, 0.3) is 5.69 Å². The zero-order valence-electron chi connectivity index (χ0n) is 18.1. The van der Waals surface area contributed by atoms with Crippen LogP contribution < -0.4 is 4.90 Å². The molecule has 1 aromatic carbocycles. The molecule has 0 bridgehead atoms. The molecule has 5 rings (SSSR count). The molecule has 8 heteroatoms. The van der Waals surface area contributed by atoms with Crippen molar-refractivity contribution in [2.24, 2.45) is 5.92 Å². The van der Waals surface area contributed by atoms with Gasteiger partial charge < -0.3 is 9.64 Å². The Hall–Kier alpha value is -2.32. The van der Waals surface area contributed by atoms with Crippen LogP contribution in [-0.2, 0) is 17.0 Å². The molecule has 3 aromatic rings. The van der Waals surface area contributed by atoms with E-state index < -0.39 is 0 Å². The van der Waals surface area contributed by atoms with E-state index in [-0.39, 0.29) is 6.10 Å². The molecule has 1 atom stereocenters. The van der Waals surface area contributed by atoms with Crippen LogP contribution in [0.4, 0.5) is 5.95 Å². The summed E-state index contributed by atoms with van der Waals surface area (Å²) in [5.74, 6) is 2.67. The molecular weight excluding hydrogens is 408 g/mol. The van der Waals surface area contributed by atoms with Crippen LogP contribution in [0.1, 0.15) is 38.2 Å². The summed E-state index contributed by atoms with van der Waals surface area (Å²) in [7, 11) is 0. The summed E-state index contributed by atoms with van der Waals surface area (Å²) in [5, 5.41) is 14.5. The number of benzene rings is 1. The van der Waals surface area contributed by atoms with Crippen molar-refractivity contribution in [2.45, 2.75) is 56.2 Å². The maximum absolute atomic E-state index is 5.94. The molecule has 0 saturated carbocycles. The van der Waals surface area contributed by atoms with Gasteiger partial charge in [-0.05, 0) is 55.4 Å².